The number of nitrogens with zero attached hydrogens (tertiary/aromatic N) is 4. The number of carbonyl (C=O) groups is 2. The second-order valence-corrected chi connectivity index (χ2v) is 8.73. The van der Waals surface area contributed by atoms with Gasteiger partial charge in [0, 0.05) is 55.4 Å². The van der Waals surface area contributed by atoms with Gasteiger partial charge in [-0.1, -0.05) is 29.3 Å². The van der Waals surface area contributed by atoms with Crippen LogP contribution in [0.2, 0.25) is 10.0 Å². The van der Waals surface area contributed by atoms with Crippen molar-refractivity contribution in [3.8, 4) is 0 Å². The number of aromatic nitrogens is 2. The first-order valence-electron chi connectivity index (χ1n) is 10.5. The monoisotopic (exact) mass is 487 g/mol. The zero-order chi connectivity index (χ0) is 23.5. The quantitative estimate of drug-likeness (QED) is 0.597. The second kappa shape index (κ2) is 9.80. The van der Waals surface area contributed by atoms with E-state index in [9.17, 15) is 14.4 Å². The zero-order valence-corrected chi connectivity index (χ0v) is 19.6. The van der Waals surface area contributed by atoms with Crippen LogP contribution in [0.25, 0.3) is 10.9 Å². The Balaban J connectivity index is 1.47. The van der Waals surface area contributed by atoms with Crippen LogP contribution >= 0.6 is 23.2 Å². The van der Waals surface area contributed by atoms with E-state index in [1.807, 2.05) is 11.0 Å². The molecule has 2 aromatic carbocycles. The minimum atomic E-state index is -0.333. The highest BCUT2D eigenvalue weighted by atomic mass is 35.5. The van der Waals surface area contributed by atoms with Crippen LogP contribution in [0, 0.1) is 0 Å². The molecule has 0 radical (unpaired) electrons. The van der Waals surface area contributed by atoms with Gasteiger partial charge in [-0.05, 0) is 35.9 Å². The van der Waals surface area contributed by atoms with E-state index in [1.165, 1.54) is 10.9 Å². The van der Waals surface area contributed by atoms with Crippen LogP contribution in [0.5, 0.6) is 0 Å². The molecule has 1 fully saturated rings. The number of benzene rings is 2. The van der Waals surface area contributed by atoms with Crippen LogP contribution in [0.4, 0.5) is 5.69 Å². The first-order valence-corrected chi connectivity index (χ1v) is 11.3. The smallest absolute Gasteiger partial charge is 0.261 e. The minimum Gasteiger partial charge on any atom is -0.368 e. The highest BCUT2D eigenvalue weighted by Crippen LogP contribution is 2.21. The Morgan fingerprint density at radius 1 is 1.06 bits per heavy atom. The Kier molecular flexibility index (Phi) is 6.85. The van der Waals surface area contributed by atoms with Crippen LogP contribution < -0.4 is 15.8 Å². The van der Waals surface area contributed by atoms with Crippen molar-refractivity contribution in [3.05, 3.63) is 68.7 Å². The topological polar surface area (TPSA) is 87.5 Å². The van der Waals surface area contributed by atoms with Gasteiger partial charge in [-0.3, -0.25) is 19.0 Å². The maximum atomic E-state index is 13.0. The predicted octanol–water partition coefficient (Wildman–Crippen LogP) is 2.69. The number of amides is 2. The summed E-state index contributed by atoms with van der Waals surface area (Å²) in [4.78, 5) is 45.3. The van der Waals surface area contributed by atoms with Crippen molar-refractivity contribution in [1.82, 2.24) is 19.8 Å². The molecule has 1 aromatic heterocycles. The van der Waals surface area contributed by atoms with Gasteiger partial charge in [-0.2, -0.15) is 0 Å². The number of hydrogen-bond acceptors (Lipinski definition) is 5. The van der Waals surface area contributed by atoms with Gasteiger partial charge in [-0.25, -0.2) is 4.98 Å². The molecule has 0 unspecified atom stereocenters. The number of nitrogens with one attached hydrogen (secondary N) is 1. The molecule has 2 amide bonds. The fourth-order valence-electron chi connectivity index (χ4n) is 3.81. The summed E-state index contributed by atoms with van der Waals surface area (Å²) in [6.07, 6.45) is 1.38. The summed E-state index contributed by atoms with van der Waals surface area (Å²) in [6, 6.07) is 10.6. The summed E-state index contributed by atoms with van der Waals surface area (Å²) in [6.45, 7) is 4.30. The lowest BCUT2D eigenvalue weighted by Gasteiger charge is -2.35. The Bertz CT molecular complexity index is 1270. The van der Waals surface area contributed by atoms with E-state index in [0.717, 1.165) is 11.3 Å². The lowest BCUT2D eigenvalue weighted by molar-refractivity contribution is -0.129. The number of carbonyl (C=O) groups excluding carboxylic acids is 2. The molecule has 0 bridgehead atoms. The van der Waals surface area contributed by atoms with E-state index < -0.39 is 0 Å². The van der Waals surface area contributed by atoms with Gasteiger partial charge >= 0.3 is 0 Å². The number of piperazine rings is 1. The van der Waals surface area contributed by atoms with Crippen LogP contribution in [-0.4, -0.2) is 52.4 Å². The van der Waals surface area contributed by atoms with Crippen LogP contribution in [0.3, 0.4) is 0 Å². The van der Waals surface area contributed by atoms with Crippen molar-refractivity contribution >= 4 is 51.6 Å². The molecule has 1 aliphatic rings. The molecule has 2 heterocycles. The lowest BCUT2D eigenvalue weighted by Crippen LogP contribution is -2.48. The lowest BCUT2D eigenvalue weighted by atomic mass is 10.2. The van der Waals surface area contributed by atoms with Gasteiger partial charge < -0.3 is 15.1 Å². The van der Waals surface area contributed by atoms with E-state index in [0.29, 0.717) is 47.1 Å². The van der Waals surface area contributed by atoms with Crippen LogP contribution in [0.15, 0.2) is 47.5 Å². The molecule has 1 saturated heterocycles. The van der Waals surface area contributed by atoms with Crippen molar-refractivity contribution in [2.45, 2.75) is 20.0 Å². The van der Waals surface area contributed by atoms with Crippen molar-refractivity contribution < 1.29 is 9.59 Å². The summed E-state index contributed by atoms with van der Waals surface area (Å²) in [7, 11) is 0. The number of rotatable bonds is 5. The van der Waals surface area contributed by atoms with Gasteiger partial charge in [0.2, 0.25) is 11.8 Å². The minimum absolute atomic E-state index is 0.0665. The molecule has 33 heavy (non-hydrogen) atoms. The maximum Gasteiger partial charge on any atom is 0.261 e. The number of hydrogen-bond donors (Lipinski definition) is 1. The first-order chi connectivity index (χ1) is 15.8. The molecule has 1 N–H and O–H groups in total. The van der Waals surface area contributed by atoms with E-state index in [4.69, 9.17) is 23.2 Å². The number of halogens is 2. The van der Waals surface area contributed by atoms with Gasteiger partial charge in [0.05, 0.1) is 17.2 Å². The predicted molar refractivity (Wildman–Crippen MR) is 129 cm³/mol. The maximum absolute atomic E-state index is 13.0. The van der Waals surface area contributed by atoms with Gasteiger partial charge in [0.25, 0.3) is 5.56 Å². The molecule has 0 aliphatic carbocycles. The third-order valence-electron chi connectivity index (χ3n) is 5.70. The standard InChI is InChI=1S/C23H23Cl2N5O3/c1-15(31)28-6-8-29(9-7-28)18-4-5-21-19(11-18)23(33)30(14-27-21)13-22(32)26-12-16-2-3-17(24)10-20(16)25/h2-5,10-11,14H,6-9,12-13H2,1H3,(H,26,32). The molecule has 10 heteroatoms. The largest absolute Gasteiger partial charge is 0.368 e. The van der Waals surface area contributed by atoms with Gasteiger partial charge in [0.1, 0.15) is 6.54 Å². The zero-order valence-electron chi connectivity index (χ0n) is 18.1. The molecule has 0 spiro atoms. The summed E-state index contributed by atoms with van der Waals surface area (Å²) < 4.78 is 1.29. The molecule has 0 saturated carbocycles. The van der Waals surface area contributed by atoms with Gasteiger partial charge in [0.15, 0.2) is 0 Å². The summed E-state index contributed by atoms with van der Waals surface area (Å²) in [5, 5.41) is 4.19. The molecular weight excluding hydrogens is 465 g/mol. The van der Waals surface area contributed by atoms with Crippen molar-refractivity contribution in [2.75, 3.05) is 31.1 Å². The normalized spacial score (nSPS) is 13.9. The summed E-state index contributed by atoms with van der Waals surface area (Å²) >= 11 is 12.0. The average Bonchev–Trinajstić information content (AvgIpc) is 2.80. The second-order valence-electron chi connectivity index (χ2n) is 7.88. The first kappa shape index (κ1) is 23.1. The third-order valence-corrected chi connectivity index (χ3v) is 6.29. The SMILES string of the molecule is CC(=O)N1CCN(c2ccc3ncn(CC(=O)NCc4ccc(Cl)cc4Cl)c(=O)c3c2)CC1. The number of fused-ring (bicyclic) bond motifs is 1. The highest BCUT2D eigenvalue weighted by Gasteiger charge is 2.19. The van der Waals surface area contributed by atoms with E-state index in [2.05, 4.69) is 15.2 Å². The Hall–Kier alpha value is -3.10. The molecule has 3 aromatic rings. The van der Waals surface area contributed by atoms with E-state index >= 15 is 0 Å². The Morgan fingerprint density at radius 3 is 2.52 bits per heavy atom. The van der Waals surface area contributed by atoms with Crippen molar-refractivity contribution in [2.24, 2.45) is 0 Å². The fraction of sp³-hybridized carbons (Fsp3) is 0.304. The summed E-state index contributed by atoms with van der Waals surface area (Å²) in [5.74, 6) is -0.266. The van der Waals surface area contributed by atoms with Crippen LogP contribution in [0.1, 0.15) is 12.5 Å². The van der Waals surface area contributed by atoms with Crippen molar-refractivity contribution in [3.63, 3.8) is 0 Å². The van der Waals surface area contributed by atoms with E-state index in [-0.39, 0.29) is 30.5 Å². The number of anilines is 1. The van der Waals surface area contributed by atoms with Gasteiger partial charge in [-0.15, -0.1) is 0 Å². The fourth-order valence-corrected chi connectivity index (χ4v) is 4.28. The molecule has 172 valence electrons. The molecule has 0 atom stereocenters. The summed E-state index contributed by atoms with van der Waals surface area (Å²) in [5.41, 5.74) is 1.90. The van der Waals surface area contributed by atoms with Crippen molar-refractivity contribution in [1.29, 1.82) is 0 Å². The average molecular weight is 488 g/mol. The Morgan fingerprint density at radius 2 is 1.82 bits per heavy atom. The molecular formula is C23H23Cl2N5O3. The molecule has 8 nitrogen and oxygen atoms in total. The third kappa shape index (κ3) is 5.29. The van der Waals surface area contributed by atoms with Crippen LogP contribution in [-0.2, 0) is 22.7 Å². The van der Waals surface area contributed by atoms with E-state index in [1.54, 1.807) is 37.3 Å². The highest BCUT2D eigenvalue weighted by molar-refractivity contribution is 6.35. The molecule has 4 rings (SSSR count). The molecule has 1 aliphatic heterocycles. The Labute approximate surface area is 200 Å².